The Morgan fingerprint density at radius 3 is 2.72 bits per heavy atom. The average Bonchev–Trinajstić information content (AvgIpc) is 3.01. The molecule has 25 heavy (non-hydrogen) atoms. The van der Waals surface area contributed by atoms with Gasteiger partial charge in [-0.3, -0.25) is 9.59 Å². The van der Waals surface area contributed by atoms with Crippen LogP contribution in [0.5, 0.6) is 5.75 Å². The Labute approximate surface area is 147 Å². The number of nitrogens with one attached hydrogen (secondary N) is 1. The van der Waals surface area contributed by atoms with Crippen molar-refractivity contribution >= 4 is 23.2 Å². The molecule has 0 atom stereocenters. The molecule has 1 heterocycles. The minimum atomic E-state index is -0.214. The van der Waals surface area contributed by atoms with Crippen molar-refractivity contribution in [1.82, 2.24) is 0 Å². The van der Waals surface area contributed by atoms with Gasteiger partial charge in [-0.15, -0.1) is 0 Å². The highest BCUT2D eigenvalue weighted by molar-refractivity contribution is 6.06. The fraction of sp³-hybridized carbons (Fsp3) is 0.300. The molecule has 5 heteroatoms. The Balaban J connectivity index is 1.78. The molecule has 1 N–H and O–H groups in total. The number of anilines is 2. The van der Waals surface area contributed by atoms with Crippen molar-refractivity contribution in [3.63, 3.8) is 0 Å². The van der Waals surface area contributed by atoms with Crippen LogP contribution in [0.2, 0.25) is 0 Å². The minimum Gasteiger partial charge on any atom is -0.493 e. The van der Waals surface area contributed by atoms with Gasteiger partial charge in [-0.05, 0) is 56.2 Å². The predicted octanol–water partition coefficient (Wildman–Crippen LogP) is 3.77. The van der Waals surface area contributed by atoms with Crippen LogP contribution in [0.3, 0.4) is 0 Å². The number of carbonyl (C=O) groups is 2. The second-order valence-corrected chi connectivity index (χ2v) is 6.03. The van der Waals surface area contributed by atoms with E-state index in [9.17, 15) is 9.59 Å². The van der Waals surface area contributed by atoms with Gasteiger partial charge in [0, 0.05) is 24.3 Å². The monoisotopic (exact) mass is 338 g/mol. The summed E-state index contributed by atoms with van der Waals surface area (Å²) >= 11 is 0. The zero-order valence-electron chi connectivity index (χ0n) is 14.5. The van der Waals surface area contributed by atoms with Crippen molar-refractivity contribution in [1.29, 1.82) is 0 Å². The highest BCUT2D eigenvalue weighted by Gasteiger charge is 2.23. The van der Waals surface area contributed by atoms with Gasteiger partial charge in [-0.2, -0.15) is 0 Å². The molecule has 0 bridgehead atoms. The molecule has 2 aromatic rings. The number of amides is 2. The van der Waals surface area contributed by atoms with Crippen LogP contribution in [-0.4, -0.2) is 25.0 Å². The molecule has 5 nitrogen and oxygen atoms in total. The lowest BCUT2D eigenvalue weighted by Crippen LogP contribution is -2.24. The highest BCUT2D eigenvalue weighted by Crippen LogP contribution is 2.28. The molecule has 130 valence electrons. The third-order valence-electron chi connectivity index (χ3n) is 4.25. The van der Waals surface area contributed by atoms with E-state index in [4.69, 9.17) is 4.74 Å². The molecule has 2 amide bonds. The number of carbonyl (C=O) groups excluding carboxylic acids is 2. The quantitative estimate of drug-likeness (QED) is 0.903. The van der Waals surface area contributed by atoms with Crippen LogP contribution in [-0.2, 0) is 4.79 Å². The van der Waals surface area contributed by atoms with Crippen LogP contribution < -0.4 is 15.0 Å². The summed E-state index contributed by atoms with van der Waals surface area (Å²) in [7, 11) is 0. The molecular formula is C20H22N2O3. The second kappa shape index (κ2) is 7.38. The summed E-state index contributed by atoms with van der Waals surface area (Å²) in [5, 5.41) is 2.90. The van der Waals surface area contributed by atoms with Crippen molar-refractivity contribution in [2.75, 3.05) is 23.4 Å². The summed E-state index contributed by atoms with van der Waals surface area (Å²) in [6.07, 6.45) is 1.50. The van der Waals surface area contributed by atoms with Gasteiger partial charge in [0.25, 0.3) is 5.91 Å². The van der Waals surface area contributed by atoms with E-state index >= 15 is 0 Å². The van der Waals surface area contributed by atoms with Crippen LogP contribution in [0.4, 0.5) is 11.4 Å². The molecule has 3 rings (SSSR count). The molecule has 1 fully saturated rings. The Morgan fingerprint density at radius 2 is 2.04 bits per heavy atom. The topological polar surface area (TPSA) is 58.6 Å². The maximum Gasteiger partial charge on any atom is 0.259 e. The lowest BCUT2D eigenvalue weighted by Gasteiger charge is -2.19. The minimum absolute atomic E-state index is 0.158. The number of ether oxygens (including phenoxy) is 1. The first kappa shape index (κ1) is 17.0. The maximum atomic E-state index is 12.6. The van der Waals surface area contributed by atoms with Gasteiger partial charge >= 0.3 is 0 Å². The molecule has 1 aliphatic heterocycles. The number of hydrogen-bond donors (Lipinski definition) is 1. The SMILES string of the molecule is CCOc1ccccc1C(=O)Nc1ccc(N2CCCC2=O)c(C)c1. The summed E-state index contributed by atoms with van der Waals surface area (Å²) in [6, 6.07) is 12.8. The van der Waals surface area contributed by atoms with E-state index < -0.39 is 0 Å². The van der Waals surface area contributed by atoms with Crippen molar-refractivity contribution in [2.24, 2.45) is 0 Å². The molecule has 0 aromatic heterocycles. The standard InChI is InChI=1S/C20H22N2O3/c1-3-25-18-8-5-4-7-16(18)20(24)21-15-10-11-17(14(2)13-15)22-12-6-9-19(22)23/h4-5,7-8,10-11,13H,3,6,9,12H2,1-2H3,(H,21,24). The number of rotatable bonds is 5. The lowest BCUT2D eigenvalue weighted by atomic mass is 10.1. The molecule has 0 radical (unpaired) electrons. The number of nitrogens with zero attached hydrogens (tertiary/aromatic N) is 1. The van der Waals surface area contributed by atoms with Gasteiger partial charge in [-0.25, -0.2) is 0 Å². The molecule has 0 saturated carbocycles. The van der Waals surface area contributed by atoms with Crippen LogP contribution in [0, 0.1) is 6.92 Å². The Morgan fingerprint density at radius 1 is 1.24 bits per heavy atom. The number of para-hydroxylation sites is 1. The summed E-state index contributed by atoms with van der Waals surface area (Å²) in [5.41, 5.74) is 3.08. The Hall–Kier alpha value is -2.82. The first-order valence-corrected chi connectivity index (χ1v) is 8.54. The van der Waals surface area contributed by atoms with E-state index in [0.717, 1.165) is 24.2 Å². The summed E-state index contributed by atoms with van der Waals surface area (Å²) in [4.78, 5) is 26.3. The summed E-state index contributed by atoms with van der Waals surface area (Å²) in [5.74, 6) is 0.512. The number of benzene rings is 2. The fourth-order valence-electron chi connectivity index (χ4n) is 3.07. The zero-order valence-corrected chi connectivity index (χ0v) is 14.5. The second-order valence-electron chi connectivity index (χ2n) is 6.03. The largest absolute Gasteiger partial charge is 0.493 e. The van der Waals surface area contributed by atoms with E-state index in [1.807, 2.05) is 49.1 Å². The maximum absolute atomic E-state index is 12.6. The van der Waals surface area contributed by atoms with Gasteiger partial charge in [0.2, 0.25) is 5.91 Å². The number of hydrogen-bond acceptors (Lipinski definition) is 3. The summed E-state index contributed by atoms with van der Waals surface area (Å²) in [6.45, 7) is 5.09. The third-order valence-corrected chi connectivity index (χ3v) is 4.25. The molecule has 0 unspecified atom stereocenters. The molecule has 2 aromatic carbocycles. The molecular weight excluding hydrogens is 316 g/mol. The molecule has 0 spiro atoms. The normalized spacial score (nSPS) is 13.8. The summed E-state index contributed by atoms with van der Waals surface area (Å²) < 4.78 is 5.51. The number of aryl methyl sites for hydroxylation is 1. The van der Waals surface area contributed by atoms with E-state index in [2.05, 4.69) is 5.32 Å². The van der Waals surface area contributed by atoms with Crippen molar-refractivity contribution in [3.8, 4) is 5.75 Å². The first-order chi connectivity index (χ1) is 12.1. The molecule has 1 aliphatic rings. The van der Waals surface area contributed by atoms with Crippen LogP contribution >= 0.6 is 0 Å². The van der Waals surface area contributed by atoms with Crippen molar-refractivity contribution in [3.05, 3.63) is 53.6 Å². The first-order valence-electron chi connectivity index (χ1n) is 8.54. The highest BCUT2D eigenvalue weighted by atomic mass is 16.5. The van der Waals surface area contributed by atoms with Crippen molar-refractivity contribution in [2.45, 2.75) is 26.7 Å². The van der Waals surface area contributed by atoms with Gasteiger partial charge in [-0.1, -0.05) is 12.1 Å². The lowest BCUT2D eigenvalue weighted by molar-refractivity contribution is -0.117. The zero-order chi connectivity index (χ0) is 17.8. The fourth-order valence-corrected chi connectivity index (χ4v) is 3.07. The van der Waals surface area contributed by atoms with Gasteiger partial charge < -0.3 is 15.0 Å². The molecule has 0 aliphatic carbocycles. The van der Waals surface area contributed by atoms with E-state index in [-0.39, 0.29) is 11.8 Å². The van der Waals surface area contributed by atoms with Crippen LogP contribution in [0.15, 0.2) is 42.5 Å². The van der Waals surface area contributed by atoms with Crippen LogP contribution in [0.25, 0.3) is 0 Å². The average molecular weight is 338 g/mol. The Kier molecular flexibility index (Phi) is 5.03. The van der Waals surface area contributed by atoms with Crippen LogP contribution in [0.1, 0.15) is 35.7 Å². The van der Waals surface area contributed by atoms with E-state index in [1.54, 1.807) is 12.1 Å². The van der Waals surface area contributed by atoms with Gasteiger partial charge in [0.1, 0.15) is 5.75 Å². The smallest absolute Gasteiger partial charge is 0.259 e. The van der Waals surface area contributed by atoms with E-state index in [1.165, 1.54) is 0 Å². The van der Waals surface area contributed by atoms with Gasteiger partial charge in [0.05, 0.1) is 12.2 Å². The predicted molar refractivity (Wildman–Crippen MR) is 98.3 cm³/mol. The third kappa shape index (κ3) is 3.65. The van der Waals surface area contributed by atoms with Crippen molar-refractivity contribution < 1.29 is 14.3 Å². The Bertz CT molecular complexity index is 801. The van der Waals surface area contributed by atoms with E-state index in [0.29, 0.717) is 30.0 Å². The molecule has 1 saturated heterocycles. The van der Waals surface area contributed by atoms with Gasteiger partial charge in [0.15, 0.2) is 0 Å².